The number of rotatable bonds is 4. The van der Waals surface area contributed by atoms with E-state index < -0.39 is 23.5 Å². The maximum atomic E-state index is 12.6. The first kappa shape index (κ1) is 18.9. The molecule has 1 atom stereocenters. The van der Waals surface area contributed by atoms with Crippen molar-refractivity contribution in [3.8, 4) is 0 Å². The van der Waals surface area contributed by atoms with Crippen molar-refractivity contribution >= 4 is 41.2 Å². The first-order valence-corrected chi connectivity index (χ1v) is 10.0. The molecule has 7 nitrogen and oxygen atoms in total. The summed E-state index contributed by atoms with van der Waals surface area (Å²) in [7, 11) is 1.23. The van der Waals surface area contributed by atoms with Gasteiger partial charge in [0, 0.05) is 35.5 Å². The Labute approximate surface area is 167 Å². The molecule has 2 aliphatic rings. The number of methoxy groups -OCH3 is 1. The first-order chi connectivity index (χ1) is 13.5. The Balaban J connectivity index is 1.77. The maximum Gasteiger partial charge on any atom is 0.349 e. The molecule has 2 aromatic rings. The Morgan fingerprint density at radius 3 is 2.75 bits per heavy atom. The molecule has 2 aliphatic heterocycles. The van der Waals surface area contributed by atoms with Gasteiger partial charge in [-0.2, -0.15) is 12.6 Å². The van der Waals surface area contributed by atoms with Crippen LogP contribution in [0.25, 0.3) is 11.0 Å². The Morgan fingerprint density at radius 1 is 1.29 bits per heavy atom. The third-order valence-electron chi connectivity index (χ3n) is 5.43. The lowest BCUT2D eigenvalue weighted by atomic mass is 9.90. The number of esters is 1. The molecule has 0 unspecified atom stereocenters. The Bertz CT molecular complexity index is 1010. The molecule has 148 valence electrons. The number of hydrogen-bond acceptors (Lipinski definition) is 7. The summed E-state index contributed by atoms with van der Waals surface area (Å²) in [5, 5.41) is 3.23. The second-order valence-corrected chi connectivity index (χ2v) is 7.52. The topological polar surface area (TPSA) is 88.8 Å². The minimum absolute atomic E-state index is 0.0603. The van der Waals surface area contributed by atoms with Gasteiger partial charge in [0.25, 0.3) is 5.91 Å². The van der Waals surface area contributed by atoms with Gasteiger partial charge in [0.15, 0.2) is 0 Å². The molecule has 3 heterocycles. The van der Waals surface area contributed by atoms with Crippen molar-refractivity contribution in [3.05, 3.63) is 39.2 Å². The van der Waals surface area contributed by atoms with E-state index in [0.717, 1.165) is 49.7 Å². The number of ether oxygens (including phenoxy) is 1. The van der Waals surface area contributed by atoms with Crippen molar-refractivity contribution in [2.45, 2.75) is 31.7 Å². The van der Waals surface area contributed by atoms with E-state index in [1.54, 1.807) is 6.07 Å². The third kappa shape index (κ3) is 3.15. The van der Waals surface area contributed by atoms with E-state index >= 15 is 0 Å². The molecule has 0 saturated heterocycles. The molecule has 4 rings (SSSR count). The second kappa shape index (κ2) is 7.50. The van der Waals surface area contributed by atoms with E-state index in [2.05, 4.69) is 27.6 Å². The average Bonchev–Trinajstić information content (AvgIpc) is 2.71. The van der Waals surface area contributed by atoms with Gasteiger partial charge in [-0.25, -0.2) is 9.59 Å². The smallest absolute Gasteiger partial charge is 0.349 e. The van der Waals surface area contributed by atoms with E-state index in [1.807, 2.05) is 6.07 Å². The van der Waals surface area contributed by atoms with Crippen molar-refractivity contribution < 1.29 is 18.7 Å². The van der Waals surface area contributed by atoms with Gasteiger partial charge in [0.2, 0.25) is 0 Å². The van der Waals surface area contributed by atoms with Crippen LogP contribution in [0, 0.1) is 0 Å². The molecule has 8 heteroatoms. The lowest BCUT2D eigenvalue weighted by Gasteiger charge is -2.37. The van der Waals surface area contributed by atoms with Crippen LogP contribution in [0.5, 0.6) is 0 Å². The number of aryl methyl sites for hydroxylation is 2. The molecule has 1 aromatic heterocycles. The van der Waals surface area contributed by atoms with E-state index in [1.165, 1.54) is 18.4 Å². The monoisotopic (exact) mass is 402 g/mol. The molecular weight excluding hydrogens is 380 g/mol. The van der Waals surface area contributed by atoms with Crippen molar-refractivity contribution in [1.82, 2.24) is 5.32 Å². The summed E-state index contributed by atoms with van der Waals surface area (Å²) < 4.78 is 10.2. The molecule has 1 N–H and O–H groups in total. The molecule has 0 spiro atoms. The van der Waals surface area contributed by atoms with Crippen molar-refractivity contribution in [3.63, 3.8) is 0 Å². The van der Waals surface area contributed by atoms with Gasteiger partial charge in [-0.15, -0.1) is 0 Å². The van der Waals surface area contributed by atoms with Gasteiger partial charge < -0.3 is 19.4 Å². The van der Waals surface area contributed by atoms with Crippen molar-refractivity contribution in [1.29, 1.82) is 0 Å². The van der Waals surface area contributed by atoms with Crippen LogP contribution in [0.3, 0.4) is 0 Å². The SMILES string of the molecule is COC(=O)[C@H](CS)NC(=O)c1cc2cc3c4c(c2oc1=O)CCCN4CCC3. The number of carbonyl (C=O) groups is 2. The summed E-state index contributed by atoms with van der Waals surface area (Å²) in [6.45, 7) is 2.05. The number of thiol groups is 1. The Hall–Kier alpha value is -2.48. The van der Waals surface area contributed by atoms with E-state index in [-0.39, 0.29) is 11.3 Å². The zero-order valence-electron chi connectivity index (χ0n) is 15.6. The largest absolute Gasteiger partial charge is 0.467 e. The highest BCUT2D eigenvalue weighted by Crippen LogP contribution is 2.39. The molecular formula is C20H22N2O5S. The number of carbonyl (C=O) groups excluding carboxylic acids is 2. The minimum Gasteiger partial charge on any atom is -0.467 e. The highest BCUT2D eigenvalue weighted by Gasteiger charge is 2.28. The van der Waals surface area contributed by atoms with Gasteiger partial charge in [-0.1, -0.05) is 0 Å². The van der Waals surface area contributed by atoms with Gasteiger partial charge in [0.1, 0.15) is 17.2 Å². The summed E-state index contributed by atoms with van der Waals surface area (Å²) in [6.07, 6.45) is 3.93. The normalized spacial score (nSPS) is 16.4. The van der Waals surface area contributed by atoms with Gasteiger partial charge in [0.05, 0.1) is 7.11 Å². The zero-order valence-corrected chi connectivity index (χ0v) is 16.5. The predicted octanol–water partition coefficient (Wildman–Crippen LogP) is 1.69. The zero-order chi connectivity index (χ0) is 19.8. The van der Waals surface area contributed by atoms with Crippen LogP contribution in [0.1, 0.15) is 34.3 Å². The van der Waals surface area contributed by atoms with E-state index in [0.29, 0.717) is 5.58 Å². The molecule has 1 amide bonds. The van der Waals surface area contributed by atoms with Crippen LogP contribution in [-0.4, -0.2) is 43.9 Å². The second-order valence-electron chi connectivity index (χ2n) is 7.15. The summed E-state index contributed by atoms with van der Waals surface area (Å²) in [5.41, 5.74) is 3.22. The quantitative estimate of drug-likeness (QED) is 0.460. The summed E-state index contributed by atoms with van der Waals surface area (Å²) >= 11 is 4.05. The molecule has 0 aliphatic carbocycles. The summed E-state index contributed by atoms with van der Waals surface area (Å²) in [4.78, 5) is 39.2. The van der Waals surface area contributed by atoms with E-state index in [9.17, 15) is 14.4 Å². The Kier molecular flexibility index (Phi) is 5.05. The molecule has 0 saturated carbocycles. The standard InChI is InChI=1S/C20H22N2O5S/c1-26-20(25)15(10-28)21-18(23)14-9-12-8-11-4-2-6-22-7-3-5-13(16(11)22)17(12)27-19(14)24/h8-9,15,28H,2-7,10H2,1H3,(H,21,23)/t15-/m0/s1. The van der Waals surface area contributed by atoms with Gasteiger partial charge >= 0.3 is 11.6 Å². The maximum absolute atomic E-state index is 12.6. The highest BCUT2D eigenvalue weighted by atomic mass is 32.1. The van der Waals surface area contributed by atoms with Crippen LogP contribution in [0.15, 0.2) is 21.3 Å². The van der Waals surface area contributed by atoms with Crippen LogP contribution in [0.4, 0.5) is 5.69 Å². The van der Waals surface area contributed by atoms with Gasteiger partial charge in [-0.3, -0.25) is 4.79 Å². The number of anilines is 1. The average molecular weight is 402 g/mol. The minimum atomic E-state index is -0.936. The summed E-state index contributed by atoms with van der Waals surface area (Å²) in [6, 6.07) is 2.64. The number of nitrogens with zero attached hydrogens (tertiary/aromatic N) is 1. The first-order valence-electron chi connectivity index (χ1n) is 9.40. The lowest BCUT2D eigenvalue weighted by Crippen LogP contribution is -2.44. The fourth-order valence-electron chi connectivity index (χ4n) is 4.16. The molecule has 0 fully saturated rings. The third-order valence-corrected chi connectivity index (χ3v) is 5.80. The lowest BCUT2D eigenvalue weighted by molar-refractivity contribution is -0.142. The molecule has 28 heavy (non-hydrogen) atoms. The predicted molar refractivity (Wildman–Crippen MR) is 108 cm³/mol. The fraction of sp³-hybridized carbons (Fsp3) is 0.450. The van der Waals surface area contributed by atoms with Crippen molar-refractivity contribution in [2.24, 2.45) is 0 Å². The Morgan fingerprint density at radius 2 is 2.04 bits per heavy atom. The van der Waals surface area contributed by atoms with Crippen LogP contribution >= 0.6 is 12.6 Å². The van der Waals surface area contributed by atoms with Crippen LogP contribution in [0.2, 0.25) is 0 Å². The number of amides is 1. The number of hydrogen-bond donors (Lipinski definition) is 2. The highest BCUT2D eigenvalue weighted by molar-refractivity contribution is 7.80. The van der Waals surface area contributed by atoms with Crippen molar-refractivity contribution in [2.75, 3.05) is 30.9 Å². The number of nitrogens with one attached hydrogen (secondary N) is 1. The molecule has 1 aromatic carbocycles. The number of fused-ring (bicyclic) bond motifs is 2. The van der Waals surface area contributed by atoms with E-state index in [4.69, 9.17) is 4.42 Å². The molecule has 0 bridgehead atoms. The summed E-state index contributed by atoms with van der Waals surface area (Å²) in [5.74, 6) is -1.23. The van der Waals surface area contributed by atoms with Gasteiger partial charge in [-0.05, 0) is 43.4 Å². The van der Waals surface area contributed by atoms with Crippen LogP contribution < -0.4 is 15.8 Å². The van der Waals surface area contributed by atoms with Crippen LogP contribution in [-0.2, 0) is 22.4 Å². The molecule has 0 radical (unpaired) electrons. The fourth-order valence-corrected chi connectivity index (χ4v) is 4.40. The number of benzene rings is 1.